The summed E-state index contributed by atoms with van der Waals surface area (Å²) in [5.74, 6) is 5.35. The molecule has 0 aliphatic heterocycles. The predicted octanol–water partition coefficient (Wildman–Crippen LogP) is 1.52. The van der Waals surface area contributed by atoms with Gasteiger partial charge in [0.05, 0.1) is 10.4 Å². The third-order valence-corrected chi connectivity index (χ3v) is 3.80. The lowest BCUT2D eigenvalue weighted by Crippen LogP contribution is -2.42. The van der Waals surface area contributed by atoms with Crippen molar-refractivity contribution in [2.45, 2.75) is 43.7 Å². The lowest BCUT2D eigenvalue weighted by Gasteiger charge is -2.20. The first-order valence-electron chi connectivity index (χ1n) is 5.88. The molecule has 0 radical (unpaired) electrons. The number of hydrogen-bond donors (Lipinski definition) is 2. The van der Waals surface area contributed by atoms with Crippen molar-refractivity contribution in [3.8, 4) is 11.8 Å². The van der Waals surface area contributed by atoms with Crippen LogP contribution in [0.3, 0.4) is 0 Å². The van der Waals surface area contributed by atoms with Gasteiger partial charge in [-0.3, -0.25) is 0 Å². The van der Waals surface area contributed by atoms with Gasteiger partial charge in [-0.2, -0.15) is 4.72 Å². The van der Waals surface area contributed by atoms with Crippen molar-refractivity contribution < 1.29 is 13.5 Å². The van der Waals surface area contributed by atoms with Gasteiger partial charge in [0.25, 0.3) is 0 Å². The number of benzene rings is 1. The summed E-state index contributed by atoms with van der Waals surface area (Å²) in [5.41, 5.74) is -2.12. The summed E-state index contributed by atoms with van der Waals surface area (Å²) in [5, 5.41) is 9.55. The highest BCUT2D eigenvalue weighted by Gasteiger charge is 2.24. The Bertz CT molecular complexity index is 587. The molecule has 0 aliphatic rings. The smallest absolute Gasteiger partial charge is 0.241 e. The van der Waals surface area contributed by atoms with Crippen molar-refractivity contribution in [1.82, 2.24) is 4.72 Å². The fourth-order valence-electron chi connectivity index (χ4n) is 1.33. The monoisotopic (exact) mass is 281 g/mol. The molecule has 1 rings (SSSR count). The zero-order valence-electron chi connectivity index (χ0n) is 11.6. The van der Waals surface area contributed by atoms with Gasteiger partial charge in [0, 0.05) is 0 Å². The third kappa shape index (κ3) is 5.43. The largest absolute Gasteiger partial charge is 0.378 e. The Kier molecular flexibility index (Phi) is 4.41. The summed E-state index contributed by atoms with van der Waals surface area (Å²) < 4.78 is 26.8. The van der Waals surface area contributed by atoms with Crippen molar-refractivity contribution in [2.75, 3.05) is 0 Å². The molecule has 0 aromatic heterocycles. The van der Waals surface area contributed by atoms with Crippen LogP contribution in [0.1, 0.15) is 27.7 Å². The molecule has 19 heavy (non-hydrogen) atoms. The van der Waals surface area contributed by atoms with E-state index in [1.807, 2.05) is 0 Å². The van der Waals surface area contributed by atoms with E-state index < -0.39 is 21.2 Å². The number of rotatable bonds is 3. The van der Waals surface area contributed by atoms with Gasteiger partial charge in [-0.1, -0.05) is 30.0 Å². The molecule has 0 unspecified atom stereocenters. The molecular weight excluding hydrogens is 262 g/mol. The summed E-state index contributed by atoms with van der Waals surface area (Å²) in [6, 6.07) is 8.09. The molecule has 0 bridgehead atoms. The van der Waals surface area contributed by atoms with E-state index in [4.69, 9.17) is 0 Å². The highest BCUT2D eigenvalue weighted by molar-refractivity contribution is 7.89. The molecule has 2 N–H and O–H groups in total. The normalized spacial score (nSPS) is 12.7. The van der Waals surface area contributed by atoms with Crippen LogP contribution in [0.25, 0.3) is 0 Å². The Morgan fingerprint density at radius 1 is 1.05 bits per heavy atom. The van der Waals surface area contributed by atoms with E-state index in [2.05, 4.69) is 16.6 Å². The quantitative estimate of drug-likeness (QED) is 0.826. The van der Waals surface area contributed by atoms with Crippen LogP contribution in [0, 0.1) is 11.8 Å². The molecule has 0 fully saturated rings. The Morgan fingerprint density at radius 2 is 1.58 bits per heavy atom. The van der Waals surface area contributed by atoms with Crippen molar-refractivity contribution >= 4 is 10.0 Å². The second kappa shape index (κ2) is 5.33. The second-order valence-electron chi connectivity index (χ2n) is 5.35. The molecule has 0 amide bonds. The highest BCUT2D eigenvalue weighted by Crippen LogP contribution is 2.12. The minimum absolute atomic E-state index is 0.188. The minimum atomic E-state index is -3.62. The Balaban J connectivity index is 2.98. The zero-order chi connectivity index (χ0) is 14.7. The standard InChI is InChI=1S/C14H19NO3S/c1-13(2,10-11-14(3,4)16)15-19(17,18)12-8-6-5-7-9-12/h5-9,15-16H,1-4H3. The van der Waals surface area contributed by atoms with Gasteiger partial charge in [-0.05, 0) is 39.8 Å². The molecule has 1 aromatic carbocycles. The third-order valence-electron chi connectivity index (χ3n) is 2.12. The molecule has 0 spiro atoms. The first kappa shape index (κ1) is 15.7. The van der Waals surface area contributed by atoms with Crippen molar-refractivity contribution in [3.05, 3.63) is 30.3 Å². The Morgan fingerprint density at radius 3 is 2.05 bits per heavy atom. The first-order valence-corrected chi connectivity index (χ1v) is 7.36. The second-order valence-corrected chi connectivity index (χ2v) is 7.03. The van der Waals surface area contributed by atoms with E-state index >= 15 is 0 Å². The maximum atomic E-state index is 12.1. The number of sulfonamides is 1. The van der Waals surface area contributed by atoms with Gasteiger partial charge in [-0.15, -0.1) is 0 Å². The van der Waals surface area contributed by atoms with Crippen molar-refractivity contribution in [1.29, 1.82) is 0 Å². The van der Waals surface area contributed by atoms with Crippen LogP contribution in [-0.4, -0.2) is 24.7 Å². The lowest BCUT2D eigenvalue weighted by molar-refractivity contribution is 0.143. The minimum Gasteiger partial charge on any atom is -0.378 e. The molecule has 0 saturated carbocycles. The van der Waals surface area contributed by atoms with Gasteiger partial charge in [0.1, 0.15) is 5.60 Å². The van der Waals surface area contributed by atoms with Crippen LogP contribution in [-0.2, 0) is 10.0 Å². The summed E-state index contributed by atoms with van der Waals surface area (Å²) in [7, 11) is -3.62. The van der Waals surface area contributed by atoms with E-state index in [-0.39, 0.29) is 4.90 Å². The average molecular weight is 281 g/mol. The van der Waals surface area contributed by atoms with Crippen LogP contribution in [0.2, 0.25) is 0 Å². The highest BCUT2D eigenvalue weighted by atomic mass is 32.2. The van der Waals surface area contributed by atoms with E-state index in [0.29, 0.717) is 0 Å². The maximum Gasteiger partial charge on any atom is 0.241 e. The number of aliphatic hydroxyl groups is 1. The van der Waals surface area contributed by atoms with Gasteiger partial charge in [-0.25, -0.2) is 8.42 Å². The van der Waals surface area contributed by atoms with Crippen molar-refractivity contribution in [2.24, 2.45) is 0 Å². The molecule has 1 aromatic rings. The van der Waals surface area contributed by atoms with Crippen LogP contribution in [0.4, 0.5) is 0 Å². The fourth-order valence-corrected chi connectivity index (χ4v) is 2.69. The topological polar surface area (TPSA) is 66.4 Å². The van der Waals surface area contributed by atoms with E-state index in [0.717, 1.165) is 0 Å². The van der Waals surface area contributed by atoms with Gasteiger partial charge in [0.15, 0.2) is 0 Å². The SMILES string of the molecule is CC(C)(O)C#CC(C)(C)NS(=O)(=O)c1ccccc1. The van der Waals surface area contributed by atoms with Gasteiger partial charge >= 0.3 is 0 Å². The maximum absolute atomic E-state index is 12.1. The zero-order valence-corrected chi connectivity index (χ0v) is 12.4. The summed E-state index contributed by atoms with van der Waals surface area (Å²) in [6.45, 7) is 6.38. The summed E-state index contributed by atoms with van der Waals surface area (Å²) in [4.78, 5) is 0.188. The molecule has 5 heteroatoms. The predicted molar refractivity (Wildman–Crippen MR) is 74.9 cm³/mol. The van der Waals surface area contributed by atoms with E-state index in [9.17, 15) is 13.5 Å². The number of nitrogens with one attached hydrogen (secondary N) is 1. The van der Waals surface area contributed by atoms with Crippen LogP contribution < -0.4 is 4.72 Å². The molecule has 0 heterocycles. The van der Waals surface area contributed by atoms with Gasteiger partial charge in [0.2, 0.25) is 10.0 Å². The molecule has 4 nitrogen and oxygen atoms in total. The van der Waals surface area contributed by atoms with Gasteiger partial charge < -0.3 is 5.11 Å². The molecular formula is C14H19NO3S. The summed E-state index contributed by atoms with van der Waals surface area (Å²) in [6.07, 6.45) is 0. The molecule has 104 valence electrons. The Labute approximate surface area is 114 Å². The first-order chi connectivity index (χ1) is 8.52. The fraction of sp³-hybridized carbons (Fsp3) is 0.429. The van der Waals surface area contributed by atoms with Crippen LogP contribution in [0.5, 0.6) is 0 Å². The molecule has 0 saturated heterocycles. The van der Waals surface area contributed by atoms with E-state index in [1.54, 1.807) is 45.9 Å². The molecule has 0 aliphatic carbocycles. The Hall–Kier alpha value is -1.35. The van der Waals surface area contributed by atoms with E-state index in [1.165, 1.54) is 12.1 Å². The summed E-state index contributed by atoms with van der Waals surface area (Å²) >= 11 is 0. The number of hydrogen-bond acceptors (Lipinski definition) is 3. The average Bonchev–Trinajstić information content (AvgIpc) is 2.26. The van der Waals surface area contributed by atoms with Crippen LogP contribution >= 0.6 is 0 Å². The molecule has 0 atom stereocenters. The van der Waals surface area contributed by atoms with Crippen LogP contribution in [0.15, 0.2) is 35.2 Å². The van der Waals surface area contributed by atoms with Crippen molar-refractivity contribution in [3.63, 3.8) is 0 Å². The lowest BCUT2D eigenvalue weighted by atomic mass is 10.1.